The van der Waals surface area contributed by atoms with Crippen molar-refractivity contribution in [3.63, 3.8) is 0 Å². The SMILES string of the molecule is CCOCCCNC(=O)[C@@H]1C[C@H]2CC[C@@]1(C)C[C@]21NC(=O)c2ccccc2O1. The molecule has 2 bridgehead atoms. The molecule has 0 radical (unpaired) electrons. The summed E-state index contributed by atoms with van der Waals surface area (Å²) in [6, 6.07) is 7.40. The predicted molar refractivity (Wildman–Crippen MR) is 105 cm³/mol. The summed E-state index contributed by atoms with van der Waals surface area (Å²) in [6.45, 7) is 6.15. The number of fused-ring (bicyclic) bond motifs is 3. The van der Waals surface area contributed by atoms with Gasteiger partial charge in [-0.2, -0.15) is 0 Å². The molecule has 3 fully saturated rings. The van der Waals surface area contributed by atoms with Crippen LogP contribution in [0, 0.1) is 17.3 Å². The molecule has 1 aromatic carbocycles. The maximum absolute atomic E-state index is 12.9. The summed E-state index contributed by atoms with van der Waals surface area (Å²) in [6.07, 6.45) is 4.19. The molecule has 2 N–H and O–H groups in total. The van der Waals surface area contributed by atoms with Gasteiger partial charge in [0.05, 0.1) is 5.56 Å². The summed E-state index contributed by atoms with van der Waals surface area (Å²) in [5.41, 5.74) is -0.286. The highest BCUT2D eigenvalue weighted by Crippen LogP contribution is 2.58. The predicted octanol–water partition coefficient (Wildman–Crippen LogP) is 2.87. The molecule has 0 unspecified atom stereocenters. The molecule has 5 rings (SSSR count). The van der Waals surface area contributed by atoms with Crippen molar-refractivity contribution in [1.82, 2.24) is 10.6 Å². The first kappa shape index (κ1) is 19.2. The van der Waals surface area contributed by atoms with Gasteiger partial charge in [0, 0.05) is 38.0 Å². The fourth-order valence-electron chi connectivity index (χ4n) is 5.31. The van der Waals surface area contributed by atoms with Crippen molar-refractivity contribution in [3.05, 3.63) is 29.8 Å². The Morgan fingerprint density at radius 1 is 1.39 bits per heavy atom. The minimum absolute atomic E-state index is 0.0401. The first-order valence-corrected chi connectivity index (χ1v) is 10.4. The Bertz CT molecular complexity index is 767. The van der Waals surface area contributed by atoms with Gasteiger partial charge < -0.3 is 20.1 Å². The highest BCUT2D eigenvalue weighted by molar-refractivity contribution is 5.98. The second kappa shape index (κ2) is 7.39. The molecule has 2 amide bonds. The van der Waals surface area contributed by atoms with E-state index < -0.39 is 5.72 Å². The average Bonchev–Trinajstić information content (AvgIpc) is 2.67. The maximum atomic E-state index is 12.9. The Balaban J connectivity index is 1.46. The third kappa shape index (κ3) is 3.28. The van der Waals surface area contributed by atoms with Gasteiger partial charge >= 0.3 is 0 Å². The fraction of sp³-hybridized carbons (Fsp3) is 0.636. The smallest absolute Gasteiger partial charge is 0.258 e. The van der Waals surface area contributed by atoms with Gasteiger partial charge in [-0.25, -0.2) is 0 Å². The van der Waals surface area contributed by atoms with E-state index in [1.54, 1.807) is 6.07 Å². The Hall–Kier alpha value is -2.08. The van der Waals surface area contributed by atoms with Crippen molar-refractivity contribution in [2.75, 3.05) is 19.8 Å². The van der Waals surface area contributed by atoms with E-state index in [0.29, 0.717) is 37.5 Å². The number of nitrogens with one attached hydrogen (secondary N) is 2. The Labute approximate surface area is 166 Å². The lowest BCUT2D eigenvalue weighted by atomic mass is 9.52. The van der Waals surface area contributed by atoms with Crippen LogP contribution in [0.15, 0.2) is 24.3 Å². The summed E-state index contributed by atoms with van der Waals surface area (Å²) in [5.74, 6) is 0.808. The largest absolute Gasteiger partial charge is 0.467 e. The molecule has 28 heavy (non-hydrogen) atoms. The Kier molecular flexibility index (Phi) is 5.08. The number of carbonyl (C=O) groups excluding carboxylic acids is 2. The van der Waals surface area contributed by atoms with Gasteiger partial charge in [0.25, 0.3) is 5.91 Å². The molecule has 6 nitrogen and oxygen atoms in total. The lowest BCUT2D eigenvalue weighted by molar-refractivity contribution is -0.167. The molecule has 6 heteroatoms. The van der Waals surface area contributed by atoms with Crippen molar-refractivity contribution >= 4 is 11.8 Å². The van der Waals surface area contributed by atoms with E-state index >= 15 is 0 Å². The van der Waals surface area contributed by atoms with Gasteiger partial charge in [-0.15, -0.1) is 0 Å². The summed E-state index contributed by atoms with van der Waals surface area (Å²) in [4.78, 5) is 25.6. The molecule has 3 saturated carbocycles. The zero-order valence-electron chi connectivity index (χ0n) is 16.8. The molecule has 1 heterocycles. The van der Waals surface area contributed by atoms with Gasteiger partial charge in [0.1, 0.15) is 5.75 Å². The van der Waals surface area contributed by atoms with Crippen LogP contribution in [0.5, 0.6) is 5.75 Å². The van der Waals surface area contributed by atoms with Crippen LogP contribution < -0.4 is 15.4 Å². The van der Waals surface area contributed by atoms with Crippen LogP contribution in [0.2, 0.25) is 0 Å². The second-order valence-electron chi connectivity index (χ2n) is 8.64. The standard InChI is InChI=1S/C22H30N2O4/c1-3-27-12-6-11-23-20(26)17-13-15-9-10-21(17,2)14-22(15)24-19(25)16-7-4-5-8-18(16)28-22/h4-5,7-8,15,17H,3,6,9-14H2,1-2H3,(H,23,26)(H,24,25)/t15-,17+,21+,22-/m1/s1. The summed E-state index contributed by atoms with van der Waals surface area (Å²) in [7, 11) is 0. The number of ether oxygens (including phenoxy) is 2. The van der Waals surface area contributed by atoms with Gasteiger partial charge in [-0.3, -0.25) is 9.59 Å². The average molecular weight is 386 g/mol. The Morgan fingerprint density at radius 2 is 2.21 bits per heavy atom. The monoisotopic (exact) mass is 386 g/mol. The van der Waals surface area contributed by atoms with Crippen molar-refractivity contribution in [3.8, 4) is 5.75 Å². The first-order chi connectivity index (χ1) is 13.5. The van der Waals surface area contributed by atoms with Crippen molar-refractivity contribution in [2.45, 2.75) is 51.7 Å². The van der Waals surface area contributed by atoms with Crippen LogP contribution in [0.4, 0.5) is 0 Å². The Morgan fingerprint density at radius 3 is 3.00 bits per heavy atom. The molecule has 0 saturated heterocycles. The van der Waals surface area contributed by atoms with E-state index in [0.717, 1.165) is 25.7 Å². The fourth-order valence-corrected chi connectivity index (χ4v) is 5.31. The van der Waals surface area contributed by atoms with E-state index in [2.05, 4.69) is 17.6 Å². The van der Waals surface area contributed by atoms with Crippen molar-refractivity contribution in [1.29, 1.82) is 0 Å². The molecular formula is C22H30N2O4. The molecule has 1 spiro atoms. The highest BCUT2D eigenvalue weighted by Gasteiger charge is 2.61. The summed E-state index contributed by atoms with van der Waals surface area (Å²) >= 11 is 0. The second-order valence-corrected chi connectivity index (χ2v) is 8.64. The lowest BCUT2D eigenvalue weighted by Crippen LogP contribution is -2.69. The number of hydrogen-bond acceptors (Lipinski definition) is 4. The third-order valence-corrected chi connectivity index (χ3v) is 6.79. The van der Waals surface area contributed by atoms with Crippen LogP contribution in [0.25, 0.3) is 0 Å². The zero-order valence-corrected chi connectivity index (χ0v) is 16.8. The van der Waals surface area contributed by atoms with Crippen LogP contribution in [-0.4, -0.2) is 37.3 Å². The molecule has 4 atom stereocenters. The van der Waals surface area contributed by atoms with E-state index in [4.69, 9.17) is 9.47 Å². The molecule has 1 aliphatic heterocycles. The number of hydrogen-bond donors (Lipinski definition) is 2. The summed E-state index contributed by atoms with van der Waals surface area (Å²) < 4.78 is 11.7. The number of para-hydroxylation sites is 1. The lowest BCUT2D eigenvalue weighted by Gasteiger charge is -2.59. The number of carbonyl (C=O) groups is 2. The van der Waals surface area contributed by atoms with Crippen LogP contribution in [0.1, 0.15) is 56.3 Å². The molecular weight excluding hydrogens is 356 g/mol. The van der Waals surface area contributed by atoms with E-state index in [9.17, 15) is 9.59 Å². The quantitative estimate of drug-likeness (QED) is 0.737. The van der Waals surface area contributed by atoms with Gasteiger partial charge in [-0.1, -0.05) is 19.1 Å². The van der Waals surface area contributed by atoms with Crippen LogP contribution >= 0.6 is 0 Å². The van der Waals surface area contributed by atoms with E-state index in [1.165, 1.54) is 0 Å². The van der Waals surface area contributed by atoms with Crippen molar-refractivity contribution < 1.29 is 19.1 Å². The van der Waals surface area contributed by atoms with Gasteiger partial charge in [0.15, 0.2) is 5.72 Å². The van der Waals surface area contributed by atoms with Crippen LogP contribution in [-0.2, 0) is 9.53 Å². The molecule has 1 aromatic rings. The molecule has 0 aromatic heterocycles. The number of benzene rings is 1. The molecule has 4 aliphatic rings. The van der Waals surface area contributed by atoms with Gasteiger partial charge in [-0.05, 0) is 50.2 Å². The third-order valence-electron chi connectivity index (χ3n) is 6.79. The molecule has 152 valence electrons. The minimum atomic E-state index is -0.690. The van der Waals surface area contributed by atoms with E-state index in [1.807, 2.05) is 25.1 Å². The summed E-state index contributed by atoms with van der Waals surface area (Å²) in [5, 5.41) is 6.25. The zero-order chi connectivity index (χ0) is 19.8. The van der Waals surface area contributed by atoms with Gasteiger partial charge in [0.2, 0.25) is 5.91 Å². The maximum Gasteiger partial charge on any atom is 0.258 e. The highest BCUT2D eigenvalue weighted by atomic mass is 16.5. The van der Waals surface area contributed by atoms with Crippen LogP contribution in [0.3, 0.4) is 0 Å². The first-order valence-electron chi connectivity index (χ1n) is 10.4. The minimum Gasteiger partial charge on any atom is -0.467 e. The van der Waals surface area contributed by atoms with Crippen molar-refractivity contribution in [2.24, 2.45) is 17.3 Å². The number of amides is 2. The molecule has 3 aliphatic carbocycles. The number of rotatable bonds is 6. The van der Waals surface area contributed by atoms with E-state index in [-0.39, 0.29) is 29.1 Å². The topological polar surface area (TPSA) is 76.7 Å². The normalized spacial score (nSPS) is 33.1.